The van der Waals surface area contributed by atoms with E-state index in [2.05, 4.69) is 4.18 Å². The molecule has 0 bridgehead atoms. The van der Waals surface area contributed by atoms with Crippen LogP contribution in [0.2, 0.25) is 0 Å². The van der Waals surface area contributed by atoms with E-state index in [9.17, 15) is 4.79 Å². The molecule has 1 unspecified atom stereocenters. The molecule has 1 atom stereocenters. The number of carbonyl (C=O) groups is 1. The minimum absolute atomic E-state index is 0.123. The van der Waals surface area contributed by atoms with Crippen molar-refractivity contribution in [2.24, 2.45) is 0 Å². The summed E-state index contributed by atoms with van der Waals surface area (Å²) in [6, 6.07) is 0. The molecule has 0 aromatic rings. The van der Waals surface area contributed by atoms with Gasteiger partial charge in [-0.1, -0.05) is 0 Å². The summed E-state index contributed by atoms with van der Waals surface area (Å²) in [4.78, 5) is 10.6. The number of aliphatic hydroxyl groups excluding tert-OH is 2. The van der Waals surface area contributed by atoms with Crippen LogP contribution in [0.5, 0.6) is 0 Å². The van der Waals surface area contributed by atoms with E-state index in [1.54, 1.807) is 0 Å². The van der Waals surface area contributed by atoms with E-state index in [4.69, 9.17) is 15.3 Å². The first-order chi connectivity index (χ1) is 5.54. The molecule has 6 heteroatoms. The van der Waals surface area contributed by atoms with E-state index < -0.39 is 18.4 Å². The fraction of sp³-hybridized carbons (Fsp3) is 0.833. The van der Waals surface area contributed by atoms with Gasteiger partial charge < -0.3 is 19.5 Å². The van der Waals surface area contributed by atoms with Gasteiger partial charge in [0, 0.05) is 12.2 Å². The SMILES string of the molecule is CC(O)C(=O)OSCCC(O)O. The Morgan fingerprint density at radius 2 is 2.08 bits per heavy atom. The monoisotopic (exact) mass is 196 g/mol. The Balaban J connectivity index is 3.26. The number of carbonyl (C=O) groups excluding carboxylic acids is 1. The second kappa shape index (κ2) is 6.24. The lowest BCUT2D eigenvalue weighted by Gasteiger charge is -2.04. The maximum absolute atomic E-state index is 10.6. The Labute approximate surface area is 74.6 Å². The van der Waals surface area contributed by atoms with Gasteiger partial charge in [-0.05, 0) is 6.92 Å². The Morgan fingerprint density at radius 1 is 1.50 bits per heavy atom. The molecule has 3 N–H and O–H groups in total. The molecule has 0 rings (SSSR count). The van der Waals surface area contributed by atoms with E-state index in [-0.39, 0.29) is 12.2 Å². The largest absolute Gasteiger partial charge is 0.389 e. The second-order valence-corrected chi connectivity index (χ2v) is 2.98. The van der Waals surface area contributed by atoms with Gasteiger partial charge in [-0.25, -0.2) is 4.79 Å². The van der Waals surface area contributed by atoms with Crippen molar-refractivity contribution in [3.05, 3.63) is 0 Å². The number of rotatable bonds is 5. The number of aliphatic hydroxyl groups is 3. The highest BCUT2D eigenvalue weighted by molar-refractivity contribution is 7.95. The molecule has 0 fully saturated rings. The van der Waals surface area contributed by atoms with Crippen molar-refractivity contribution >= 4 is 18.0 Å². The van der Waals surface area contributed by atoms with Crippen molar-refractivity contribution in [1.29, 1.82) is 0 Å². The van der Waals surface area contributed by atoms with Gasteiger partial charge in [0.2, 0.25) is 0 Å². The topological polar surface area (TPSA) is 87.0 Å². The van der Waals surface area contributed by atoms with Gasteiger partial charge in [-0.3, -0.25) is 0 Å². The van der Waals surface area contributed by atoms with Crippen LogP contribution in [0.25, 0.3) is 0 Å². The first-order valence-corrected chi connectivity index (χ1v) is 4.32. The summed E-state index contributed by atoms with van der Waals surface area (Å²) in [6.07, 6.45) is -2.41. The first kappa shape index (κ1) is 11.7. The lowest BCUT2D eigenvalue weighted by Crippen LogP contribution is -2.16. The van der Waals surface area contributed by atoms with Crippen LogP contribution in [0.15, 0.2) is 0 Å². The van der Waals surface area contributed by atoms with Crippen LogP contribution < -0.4 is 0 Å². The van der Waals surface area contributed by atoms with Crippen LogP contribution in [-0.2, 0) is 8.98 Å². The van der Waals surface area contributed by atoms with E-state index in [0.717, 1.165) is 12.0 Å². The van der Waals surface area contributed by atoms with Crippen molar-refractivity contribution in [1.82, 2.24) is 0 Å². The average molecular weight is 196 g/mol. The summed E-state index contributed by atoms with van der Waals surface area (Å²) < 4.78 is 4.46. The molecule has 0 aliphatic carbocycles. The predicted molar refractivity (Wildman–Crippen MR) is 43.1 cm³/mol. The van der Waals surface area contributed by atoms with Crippen molar-refractivity contribution in [3.8, 4) is 0 Å². The lowest BCUT2D eigenvalue weighted by atomic mass is 10.4. The molecule has 0 aromatic carbocycles. The summed E-state index contributed by atoms with van der Waals surface area (Å²) in [5.74, 6) is -0.441. The van der Waals surface area contributed by atoms with Crippen molar-refractivity contribution < 1.29 is 24.3 Å². The summed E-state index contributed by atoms with van der Waals surface area (Å²) in [5.41, 5.74) is 0. The van der Waals surface area contributed by atoms with Gasteiger partial charge in [0.25, 0.3) is 0 Å². The van der Waals surface area contributed by atoms with Crippen LogP contribution in [0.1, 0.15) is 13.3 Å². The zero-order valence-corrected chi connectivity index (χ0v) is 7.45. The highest BCUT2D eigenvalue weighted by Crippen LogP contribution is 2.07. The zero-order chi connectivity index (χ0) is 9.56. The molecule has 0 saturated heterocycles. The number of hydrogen-bond donors (Lipinski definition) is 3. The fourth-order valence-electron chi connectivity index (χ4n) is 0.323. The minimum atomic E-state index is -1.39. The molecule has 72 valence electrons. The van der Waals surface area contributed by atoms with Gasteiger partial charge in [-0.15, -0.1) is 0 Å². The van der Waals surface area contributed by atoms with E-state index >= 15 is 0 Å². The standard InChI is InChI=1S/C6H12O5S/c1-4(7)6(10)11-12-3-2-5(8)9/h4-5,7-9H,2-3H2,1H3. The molecule has 0 spiro atoms. The van der Waals surface area contributed by atoms with Crippen LogP contribution in [0.3, 0.4) is 0 Å². The zero-order valence-electron chi connectivity index (χ0n) is 6.64. The van der Waals surface area contributed by atoms with Gasteiger partial charge in [0.1, 0.15) is 6.10 Å². The molecule has 0 aromatic heterocycles. The van der Waals surface area contributed by atoms with Crippen molar-refractivity contribution in [3.63, 3.8) is 0 Å². The van der Waals surface area contributed by atoms with Gasteiger partial charge >= 0.3 is 5.97 Å². The summed E-state index contributed by atoms with van der Waals surface area (Å²) in [7, 11) is 0. The van der Waals surface area contributed by atoms with Crippen LogP contribution in [-0.4, -0.2) is 39.4 Å². The van der Waals surface area contributed by atoms with E-state index in [0.29, 0.717) is 0 Å². The Hall–Kier alpha value is -0.300. The first-order valence-electron chi connectivity index (χ1n) is 3.41. The number of hydrogen-bond acceptors (Lipinski definition) is 6. The second-order valence-electron chi connectivity index (χ2n) is 2.17. The molecule has 0 radical (unpaired) electrons. The lowest BCUT2D eigenvalue weighted by molar-refractivity contribution is -0.141. The summed E-state index contributed by atoms with van der Waals surface area (Å²) in [5, 5.41) is 25.4. The normalized spacial score (nSPS) is 13.1. The van der Waals surface area contributed by atoms with E-state index in [1.807, 2.05) is 0 Å². The van der Waals surface area contributed by atoms with Crippen molar-refractivity contribution in [2.75, 3.05) is 5.75 Å². The van der Waals surface area contributed by atoms with Crippen molar-refractivity contribution in [2.45, 2.75) is 25.7 Å². The Kier molecular flexibility index (Phi) is 6.09. The molecule has 0 aliphatic heterocycles. The molecule has 0 heterocycles. The summed E-state index contributed by atoms with van der Waals surface area (Å²) in [6.45, 7) is 1.30. The molecule has 5 nitrogen and oxygen atoms in total. The predicted octanol–water partition coefficient (Wildman–Crippen LogP) is -0.741. The Bertz CT molecular complexity index is 136. The Morgan fingerprint density at radius 3 is 2.50 bits per heavy atom. The maximum Gasteiger partial charge on any atom is 0.346 e. The maximum atomic E-state index is 10.6. The molecule has 0 aliphatic rings. The fourth-order valence-corrected chi connectivity index (χ4v) is 0.969. The van der Waals surface area contributed by atoms with Crippen LogP contribution in [0, 0.1) is 0 Å². The molecular weight excluding hydrogens is 184 g/mol. The highest BCUT2D eigenvalue weighted by atomic mass is 32.2. The summed E-state index contributed by atoms with van der Waals surface area (Å²) >= 11 is 0.788. The van der Waals surface area contributed by atoms with Crippen LogP contribution >= 0.6 is 12.0 Å². The smallest absolute Gasteiger partial charge is 0.346 e. The average Bonchev–Trinajstić information content (AvgIpc) is 1.97. The molecular formula is C6H12O5S. The third kappa shape index (κ3) is 6.41. The third-order valence-electron chi connectivity index (χ3n) is 0.942. The van der Waals surface area contributed by atoms with Gasteiger partial charge in [-0.2, -0.15) is 0 Å². The van der Waals surface area contributed by atoms with Crippen LogP contribution in [0.4, 0.5) is 0 Å². The third-order valence-corrected chi connectivity index (χ3v) is 1.63. The van der Waals surface area contributed by atoms with E-state index in [1.165, 1.54) is 6.92 Å². The highest BCUT2D eigenvalue weighted by Gasteiger charge is 2.10. The molecule has 0 amide bonds. The minimum Gasteiger partial charge on any atom is -0.389 e. The quantitative estimate of drug-likeness (QED) is 0.305. The van der Waals surface area contributed by atoms with Gasteiger partial charge in [0.15, 0.2) is 6.29 Å². The molecule has 0 saturated carbocycles. The van der Waals surface area contributed by atoms with Gasteiger partial charge in [0.05, 0.1) is 12.0 Å². The molecule has 12 heavy (non-hydrogen) atoms.